The quantitative estimate of drug-likeness (QED) is 0.0474. The smallest absolute Gasteiger partial charge is 0.356 e. The summed E-state index contributed by atoms with van der Waals surface area (Å²) in [5, 5.41) is 21.9. The van der Waals surface area contributed by atoms with E-state index in [-0.39, 0.29) is 50.9 Å². The van der Waals surface area contributed by atoms with Crippen molar-refractivity contribution in [2.45, 2.75) is 118 Å². The fraction of sp³-hybridized carbons (Fsp3) is 0.338. The number of halogens is 2. The van der Waals surface area contributed by atoms with E-state index in [1.54, 1.807) is 47.5 Å². The van der Waals surface area contributed by atoms with Crippen molar-refractivity contribution < 1.29 is 75.2 Å². The molecule has 8 aromatic rings. The third kappa shape index (κ3) is 17.9. The van der Waals surface area contributed by atoms with Crippen LogP contribution in [0.15, 0.2) is 148 Å². The molecule has 6 heterocycles. The van der Waals surface area contributed by atoms with Gasteiger partial charge in [0.05, 0.1) is 66.6 Å². The Labute approximate surface area is 584 Å². The molecular formula is C74H79ClFN7O16S. The van der Waals surface area contributed by atoms with Crippen LogP contribution in [0.3, 0.4) is 0 Å². The molecule has 0 saturated heterocycles. The molecule has 0 radical (unpaired) electrons. The number of oxime groups is 2. The van der Waals surface area contributed by atoms with Crippen molar-refractivity contribution in [3.05, 3.63) is 199 Å². The van der Waals surface area contributed by atoms with E-state index < -0.39 is 50.5 Å². The first kappa shape index (κ1) is 75.4. The zero-order valence-electron chi connectivity index (χ0n) is 57.4. The molecule has 26 heteroatoms. The van der Waals surface area contributed by atoms with Crippen molar-refractivity contribution in [2.24, 2.45) is 22.8 Å². The molecule has 0 unspecified atom stereocenters. The average Bonchev–Trinajstić information content (AvgIpc) is 1.60. The Kier molecular flexibility index (Phi) is 25.2. The summed E-state index contributed by atoms with van der Waals surface area (Å²) in [6, 6.07) is 34.0. The van der Waals surface area contributed by atoms with Crippen LogP contribution in [0.4, 0.5) is 4.39 Å². The maximum atomic E-state index is 13.6. The molecule has 5 aromatic carbocycles. The Bertz CT molecular complexity index is 4510. The first-order chi connectivity index (χ1) is 47.6. The Morgan fingerprint density at radius 3 is 1.97 bits per heavy atom. The fourth-order valence-electron chi connectivity index (χ4n) is 10.9. The Hall–Kier alpha value is -10.4. The van der Waals surface area contributed by atoms with Crippen molar-refractivity contribution in [3.8, 4) is 52.6 Å². The summed E-state index contributed by atoms with van der Waals surface area (Å²) in [4.78, 5) is 77.3. The minimum absolute atomic E-state index is 0.0493. The Morgan fingerprint density at radius 1 is 0.810 bits per heavy atom. The van der Waals surface area contributed by atoms with Crippen molar-refractivity contribution >= 4 is 56.6 Å². The van der Waals surface area contributed by atoms with Gasteiger partial charge in [0.2, 0.25) is 11.8 Å². The number of terminal acetylenes is 1. The number of esters is 3. The highest BCUT2D eigenvalue weighted by molar-refractivity contribution is 7.90. The molecular weight excluding hydrogens is 1330 g/mol. The lowest BCUT2D eigenvalue weighted by Crippen LogP contribution is -2.29. The molecule has 3 aliphatic rings. The first-order valence-corrected chi connectivity index (χ1v) is 34.4. The van der Waals surface area contributed by atoms with E-state index in [4.69, 9.17) is 56.1 Å². The molecule has 0 bridgehead atoms. The highest BCUT2D eigenvalue weighted by Gasteiger charge is 2.45. The average molecular weight is 1410 g/mol. The van der Waals surface area contributed by atoms with Crippen LogP contribution in [0, 0.1) is 37.4 Å². The lowest BCUT2D eigenvalue weighted by molar-refractivity contribution is -0.149. The molecule has 0 amide bonds. The molecule has 0 fully saturated rings. The van der Waals surface area contributed by atoms with E-state index in [9.17, 15) is 41.9 Å². The van der Waals surface area contributed by atoms with Gasteiger partial charge >= 0.3 is 17.9 Å². The third-order valence-electron chi connectivity index (χ3n) is 15.9. The van der Waals surface area contributed by atoms with E-state index in [0.29, 0.717) is 97.9 Å². The first-order valence-electron chi connectivity index (χ1n) is 32.1. The molecule has 11 rings (SSSR count). The third-order valence-corrected chi connectivity index (χ3v) is 17.3. The topological polar surface area (TPSA) is 279 Å². The second-order valence-electron chi connectivity index (χ2n) is 24.2. The van der Waals surface area contributed by atoms with Crippen molar-refractivity contribution in [1.82, 2.24) is 24.1 Å². The maximum absolute atomic E-state index is 13.6. The van der Waals surface area contributed by atoms with E-state index in [0.717, 1.165) is 53.0 Å². The summed E-state index contributed by atoms with van der Waals surface area (Å²) in [5.74, 6) is 0.395. The fourth-order valence-corrected chi connectivity index (χ4v) is 12.0. The number of hydrogen-bond donors (Lipinski definition) is 1. The number of pyridine rings is 1. The van der Waals surface area contributed by atoms with Gasteiger partial charge in [-0.15, -0.1) is 6.42 Å². The van der Waals surface area contributed by atoms with E-state index >= 15 is 0 Å². The van der Waals surface area contributed by atoms with E-state index in [2.05, 4.69) is 59.2 Å². The number of nitrogens with zero attached hydrogens (tertiary/aromatic N) is 7. The molecule has 23 nitrogen and oxygen atoms in total. The number of aromatic nitrogens is 5. The second-order valence-corrected chi connectivity index (χ2v) is 26.6. The highest BCUT2D eigenvalue weighted by atomic mass is 35.5. The summed E-state index contributed by atoms with van der Waals surface area (Å²) in [6.07, 6.45) is 10.3. The zero-order chi connectivity index (χ0) is 72.6. The van der Waals surface area contributed by atoms with Crippen LogP contribution in [0.25, 0.3) is 11.1 Å². The minimum atomic E-state index is -3.52. The number of rotatable bonds is 18. The van der Waals surface area contributed by atoms with E-state index in [1.165, 1.54) is 48.7 Å². The predicted octanol–water partition coefficient (Wildman–Crippen LogP) is 11.8. The Balaban J connectivity index is 0.000000170. The standard InChI is InChI=1S/C23H32N2O4.C18H17NO3.C17H13ClFNO4.C16H17N3O5S/c1-7-16-13-15(3)14-17(8-2)18(16)19-20(26)24-9-11-28-12-10-25(24)21(19)29-22(27)23(4,5)6;1-2-21-17(20)16-13-18(22-19-16,14-9-5-3-6-10-14)15-11-7-4-8-12-15;1-3-8-22-17(21)11(2)23-13-4-6-14(7-5-13)24-16-15(19)9-12(18)10-20-16;1-9-10(15(20)11-8-17-19(2)16(11)21)4-5-13(25(3,22)23)14(9)12-6-7-24-18-12/h13-14H,7-12H2,1-6H3;3-12H,2,13H2,1H3;1,4-7,9-11H,8H2,2H3;4-5,8,21H,6-7H2,1-3H3/t;;11-;/m..1./s1. The van der Waals surface area contributed by atoms with Gasteiger partial charge in [0, 0.05) is 48.2 Å². The predicted molar refractivity (Wildman–Crippen MR) is 372 cm³/mol. The van der Waals surface area contributed by atoms with Gasteiger partial charge in [-0.3, -0.25) is 14.4 Å². The van der Waals surface area contributed by atoms with Crippen molar-refractivity contribution in [1.29, 1.82) is 0 Å². The molecule has 1 atom stereocenters. The molecule has 100 heavy (non-hydrogen) atoms. The highest BCUT2D eigenvalue weighted by Crippen LogP contribution is 2.42. The number of aromatic hydroxyl groups is 1. The van der Waals surface area contributed by atoms with Gasteiger partial charge in [0.1, 0.15) is 29.2 Å². The molecule has 0 saturated carbocycles. The van der Waals surface area contributed by atoms with Gasteiger partial charge in [-0.1, -0.05) is 120 Å². The van der Waals surface area contributed by atoms with Crippen LogP contribution < -0.4 is 19.8 Å². The van der Waals surface area contributed by atoms with Crippen LogP contribution in [0.2, 0.25) is 5.02 Å². The largest absolute Gasteiger partial charge is 0.493 e. The van der Waals surface area contributed by atoms with Crippen LogP contribution in [0.5, 0.6) is 29.1 Å². The SMILES string of the molecule is C#CCOC(=O)[C@@H](C)Oc1ccc(Oc2ncc(Cl)cc2F)cc1.CCOC(=O)C1=NOC(c2ccccc2)(c2ccccc2)C1.CCc1cc(C)cc(CC)c1-c1c(OC(=O)C(C)(C)C)n2n(c1=O)CCOCC2.Cc1c(C(=O)c2cnn(C)c2O)ccc(S(C)(=O)=O)c1C1=NOCC1. The maximum Gasteiger partial charge on any atom is 0.356 e. The molecule has 1 N–H and O–H groups in total. The van der Waals surface area contributed by atoms with Crippen molar-refractivity contribution in [3.63, 3.8) is 0 Å². The van der Waals surface area contributed by atoms with E-state index in [1.807, 2.05) is 81.4 Å². The minimum Gasteiger partial charge on any atom is -0.493 e. The second kappa shape index (κ2) is 33.4. The summed E-state index contributed by atoms with van der Waals surface area (Å²) < 4.78 is 74.5. The molecule has 0 aliphatic carbocycles. The van der Waals surface area contributed by atoms with Crippen LogP contribution in [-0.2, 0) is 86.7 Å². The van der Waals surface area contributed by atoms with Gasteiger partial charge < -0.3 is 43.2 Å². The number of benzene rings is 5. The van der Waals surface area contributed by atoms with Gasteiger partial charge in [-0.25, -0.2) is 41.4 Å². The lowest BCUT2D eigenvalue weighted by atomic mass is 9.82. The number of hydrogen-bond acceptors (Lipinski definition) is 20. The number of fused-ring (bicyclic) bond motifs is 1. The van der Waals surface area contributed by atoms with Crippen LogP contribution >= 0.6 is 11.6 Å². The lowest BCUT2D eigenvalue weighted by Gasteiger charge is -2.27. The number of carbonyl (C=O) groups excluding carboxylic acids is 4. The monoisotopic (exact) mass is 1410 g/mol. The summed E-state index contributed by atoms with van der Waals surface area (Å²) in [5.41, 5.74) is 7.12. The Morgan fingerprint density at radius 2 is 1.43 bits per heavy atom. The summed E-state index contributed by atoms with van der Waals surface area (Å²) in [7, 11) is -2.00. The van der Waals surface area contributed by atoms with Gasteiger partial charge in [0.25, 0.3) is 11.4 Å². The van der Waals surface area contributed by atoms with Gasteiger partial charge in [-0.2, -0.15) is 5.10 Å². The van der Waals surface area contributed by atoms with Crippen LogP contribution in [0.1, 0.15) is 116 Å². The molecule has 3 aromatic heterocycles. The summed E-state index contributed by atoms with van der Waals surface area (Å²) in [6.45, 7) is 19.1. The molecule has 3 aliphatic heterocycles. The summed E-state index contributed by atoms with van der Waals surface area (Å²) >= 11 is 5.62. The molecule has 0 spiro atoms. The number of aryl methyl sites for hydroxylation is 4. The molecule has 526 valence electrons. The van der Waals surface area contributed by atoms with Gasteiger partial charge in [0.15, 0.2) is 45.5 Å². The number of ether oxygens (including phenoxy) is 6. The van der Waals surface area contributed by atoms with Crippen LogP contribution in [-0.4, -0.2) is 118 Å². The van der Waals surface area contributed by atoms with Crippen molar-refractivity contribution in [2.75, 3.05) is 39.3 Å². The number of carbonyl (C=O) groups is 4. The van der Waals surface area contributed by atoms with Gasteiger partial charge in [-0.05, 0) is 126 Å². The number of sulfone groups is 1. The number of ketones is 1. The zero-order valence-corrected chi connectivity index (χ0v) is 59.0. The normalized spacial score (nSPS) is 13.9.